The van der Waals surface area contributed by atoms with E-state index in [0.29, 0.717) is 76.7 Å². The first kappa shape index (κ1) is 49.2. The van der Waals surface area contributed by atoms with Crippen LogP contribution >= 0.6 is 35.3 Å². The quantitative estimate of drug-likeness (QED) is 0.106. The number of nitrogens with zero attached hydrogens (tertiary/aromatic N) is 6. The molecule has 4 rings (SSSR count). The van der Waals surface area contributed by atoms with Gasteiger partial charge >= 0.3 is 12.2 Å². The summed E-state index contributed by atoms with van der Waals surface area (Å²) >= 11 is 3.44. The minimum Gasteiger partial charge on any atom is -0.444 e. The fourth-order valence-corrected chi connectivity index (χ4v) is 8.78. The first-order valence-electron chi connectivity index (χ1n) is 20.2. The van der Waals surface area contributed by atoms with Crippen molar-refractivity contribution in [1.82, 2.24) is 19.6 Å². The number of hydrogen-bond acceptors (Lipinski definition) is 13. The Labute approximate surface area is 372 Å². The highest BCUT2D eigenvalue weighted by Crippen LogP contribution is 2.27. The Morgan fingerprint density at radius 3 is 1.25 bits per heavy atom. The van der Waals surface area contributed by atoms with E-state index in [-0.39, 0.29) is 32.6 Å². The lowest BCUT2D eigenvalue weighted by Crippen LogP contribution is -2.51. The maximum Gasteiger partial charge on any atom is 0.410 e. The van der Waals surface area contributed by atoms with Gasteiger partial charge in [-0.15, -0.1) is 0 Å². The summed E-state index contributed by atoms with van der Waals surface area (Å²) in [6.45, 7) is 14.3. The van der Waals surface area contributed by atoms with Gasteiger partial charge in [0, 0.05) is 65.2 Å². The number of nitrogens with one attached hydrogen (secondary N) is 2. The molecule has 332 valence electrons. The molecule has 2 aliphatic rings. The molecular weight excluding hydrogens is 837 g/mol. The van der Waals surface area contributed by atoms with E-state index in [9.17, 15) is 19.2 Å². The van der Waals surface area contributed by atoms with Gasteiger partial charge in [0.15, 0.2) is 10.3 Å². The Morgan fingerprint density at radius 1 is 0.607 bits per heavy atom. The zero-order valence-electron chi connectivity index (χ0n) is 35.9. The number of amides is 4. The molecule has 61 heavy (non-hydrogen) atoms. The van der Waals surface area contributed by atoms with Gasteiger partial charge in [-0.25, -0.2) is 9.59 Å². The molecule has 4 amide bonds. The molecule has 19 heteroatoms. The van der Waals surface area contributed by atoms with Crippen LogP contribution < -0.4 is 11.5 Å². The zero-order chi connectivity index (χ0) is 44.7. The summed E-state index contributed by atoms with van der Waals surface area (Å²) in [5.41, 5.74) is 12.7. The number of piperazine rings is 2. The molecule has 0 aliphatic carbocycles. The lowest BCUT2D eigenvalue weighted by Gasteiger charge is -2.38. The van der Waals surface area contributed by atoms with E-state index in [4.69, 9.17) is 31.8 Å². The van der Waals surface area contributed by atoms with Gasteiger partial charge in [0.25, 0.3) is 11.8 Å². The molecule has 2 heterocycles. The van der Waals surface area contributed by atoms with E-state index < -0.39 is 35.1 Å². The number of nitrogens with two attached hydrogens (primary N) is 2. The van der Waals surface area contributed by atoms with Gasteiger partial charge in [0.2, 0.25) is 0 Å². The minimum absolute atomic E-state index is 0.0200. The SMILES string of the molecule is CC(C)(C)OC(=O)N1CCN(C(C(=O)N=C(N)SC(=N)CCSCCC(=N)SC(N)=NC(=O)C(c2ccccc2)N2CCN(C(=O)OC(C)(C)C)CC2)c2ccccc2)CC1. The predicted molar refractivity (Wildman–Crippen MR) is 248 cm³/mol. The second-order valence-corrected chi connectivity index (χ2v) is 19.8. The monoisotopic (exact) mass is 896 g/mol. The van der Waals surface area contributed by atoms with E-state index in [1.807, 2.05) is 112 Å². The summed E-state index contributed by atoms with van der Waals surface area (Å²) in [4.78, 5) is 68.0. The zero-order valence-corrected chi connectivity index (χ0v) is 38.4. The predicted octanol–water partition coefficient (Wildman–Crippen LogP) is 6.19. The Balaban J connectivity index is 1.22. The number of aliphatic imine (C=N–C) groups is 2. The van der Waals surface area contributed by atoms with Crippen LogP contribution in [0, 0.1) is 10.8 Å². The first-order chi connectivity index (χ1) is 28.8. The molecule has 0 spiro atoms. The average Bonchev–Trinajstić information content (AvgIpc) is 3.18. The van der Waals surface area contributed by atoms with Crippen molar-refractivity contribution in [3.8, 4) is 0 Å². The highest BCUT2D eigenvalue weighted by atomic mass is 32.2. The fraction of sp³-hybridized carbons (Fsp3) is 0.524. The fourth-order valence-electron chi connectivity index (χ4n) is 6.44. The number of thioether (sulfide) groups is 3. The molecule has 2 atom stereocenters. The summed E-state index contributed by atoms with van der Waals surface area (Å²) in [7, 11) is 0. The molecule has 0 radical (unpaired) electrons. The maximum absolute atomic E-state index is 13.6. The molecule has 0 aromatic heterocycles. The molecule has 2 unspecified atom stereocenters. The van der Waals surface area contributed by atoms with Crippen molar-refractivity contribution in [2.75, 3.05) is 63.9 Å². The number of ether oxygens (including phenoxy) is 2. The third-order valence-electron chi connectivity index (χ3n) is 9.20. The van der Waals surface area contributed by atoms with Crippen LogP contribution in [0.1, 0.15) is 77.6 Å². The average molecular weight is 897 g/mol. The van der Waals surface area contributed by atoms with Crippen molar-refractivity contribution >= 4 is 79.7 Å². The summed E-state index contributed by atoms with van der Waals surface area (Å²) in [5.74, 6) is 0.278. The summed E-state index contributed by atoms with van der Waals surface area (Å²) < 4.78 is 11.0. The Morgan fingerprint density at radius 2 is 0.934 bits per heavy atom. The molecule has 2 aliphatic heterocycles. The molecule has 0 bridgehead atoms. The van der Waals surface area contributed by atoms with Crippen LogP contribution in [0.4, 0.5) is 9.59 Å². The van der Waals surface area contributed by atoms with Crippen LogP contribution in [-0.4, -0.2) is 139 Å². The van der Waals surface area contributed by atoms with Gasteiger partial charge in [-0.05, 0) is 87.7 Å². The third-order valence-corrected chi connectivity index (χ3v) is 11.7. The molecule has 6 N–H and O–H groups in total. The van der Waals surface area contributed by atoms with Gasteiger partial charge in [-0.2, -0.15) is 21.7 Å². The molecule has 2 aromatic carbocycles. The van der Waals surface area contributed by atoms with Crippen LogP contribution in [0.2, 0.25) is 0 Å². The maximum atomic E-state index is 13.6. The van der Waals surface area contributed by atoms with E-state index in [0.717, 1.165) is 34.7 Å². The van der Waals surface area contributed by atoms with Gasteiger partial charge < -0.3 is 30.7 Å². The topological polar surface area (TPSA) is 224 Å². The lowest BCUT2D eigenvalue weighted by atomic mass is 10.0. The summed E-state index contributed by atoms with van der Waals surface area (Å²) in [6, 6.07) is 17.2. The smallest absolute Gasteiger partial charge is 0.410 e. The normalized spacial score (nSPS) is 17.0. The third kappa shape index (κ3) is 16.8. The van der Waals surface area contributed by atoms with E-state index in [1.54, 1.807) is 21.6 Å². The van der Waals surface area contributed by atoms with Crippen molar-refractivity contribution < 1.29 is 28.7 Å². The van der Waals surface area contributed by atoms with E-state index in [1.165, 1.54) is 0 Å². The Kier molecular flexibility index (Phi) is 18.7. The molecular formula is C42H60N10O6S3. The standard InChI is InChI=1S/C42H60N10O6S3/c1-41(2,3)57-39(55)51-23-19-49(20-24-51)33(29-13-9-7-10-14-29)35(53)47-37(45)60-31(43)17-27-59-28-18-32(44)61-38(46)48-36(54)34(30-15-11-8-12-16-30)50-21-25-52(26-22-50)40(56)58-42(4,5)6/h7-16,33-34,43-44H,17-28H2,1-6H3,(H2,45,47,53)(H2,46,48,54). The van der Waals surface area contributed by atoms with E-state index >= 15 is 0 Å². The van der Waals surface area contributed by atoms with E-state index in [2.05, 4.69) is 9.98 Å². The molecule has 0 saturated carbocycles. The van der Waals surface area contributed by atoms with Crippen LogP contribution in [0.15, 0.2) is 70.6 Å². The highest BCUT2D eigenvalue weighted by molar-refractivity contribution is 8.26. The van der Waals surface area contributed by atoms with Gasteiger partial charge in [-0.1, -0.05) is 60.7 Å². The van der Waals surface area contributed by atoms with Gasteiger partial charge in [-0.3, -0.25) is 30.2 Å². The van der Waals surface area contributed by atoms with Crippen molar-refractivity contribution in [3.63, 3.8) is 0 Å². The summed E-state index contributed by atoms with van der Waals surface area (Å²) in [6.07, 6.45) is 0.00744. The molecule has 2 fully saturated rings. The second-order valence-electron chi connectivity index (χ2n) is 16.4. The largest absolute Gasteiger partial charge is 0.444 e. The number of benzene rings is 2. The number of carbonyl (C=O) groups excluding carboxylic acids is 4. The molecule has 2 aromatic rings. The van der Waals surface area contributed by atoms with Crippen LogP contribution in [0.25, 0.3) is 0 Å². The van der Waals surface area contributed by atoms with Crippen molar-refractivity contribution in [2.45, 2.75) is 77.7 Å². The minimum atomic E-state index is -0.699. The van der Waals surface area contributed by atoms with Crippen LogP contribution in [0.5, 0.6) is 0 Å². The van der Waals surface area contributed by atoms with Crippen molar-refractivity contribution in [1.29, 1.82) is 10.8 Å². The van der Waals surface area contributed by atoms with Gasteiger partial charge in [0.05, 0.1) is 10.1 Å². The van der Waals surface area contributed by atoms with Crippen LogP contribution in [0.3, 0.4) is 0 Å². The van der Waals surface area contributed by atoms with Crippen molar-refractivity contribution in [2.24, 2.45) is 21.5 Å². The highest BCUT2D eigenvalue weighted by Gasteiger charge is 2.35. The summed E-state index contributed by atoms with van der Waals surface area (Å²) in [5, 5.41) is 17.4. The number of hydrogen-bond donors (Lipinski definition) is 4. The number of rotatable bonds is 12. The first-order valence-corrected chi connectivity index (χ1v) is 23.0. The number of carbonyl (C=O) groups is 4. The molecule has 16 nitrogen and oxygen atoms in total. The lowest BCUT2D eigenvalue weighted by molar-refractivity contribution is -0.124. The van der Waals surface area contributed by atoms with Crippen molar-refractivity contribution in [3.05, 3.63) is 71.8 Å². The number of amidine groups is 2. The Bertz CT molecular complexity index is 1750. The molecule has 2 saturated heterocycles. The van der Waals surface area contributed by atoms with Gasteiger partial charge in [0.1, 0.15) is 23.3 Å². The van der Waals surface area contributed by atoms with Crippen LogP contribution in [-0.2, 0) is 19.1 Å². The second kappa shape index (κ2) is 23.1. The Hall–Kier alpha value is -4.43.